The van der Waals surface area contributed by atoms with Gasteiger partial charge in [0.2, 0.25) is 0 Å². The second kappa shape index (κ2) is 8.35. The molecule has 0 aromatic heterocycles. The summed E-state index contributed by atoms with van der Waals surface area (Å²) >= 11 is 23.1. The van der Waals surface area contributed by atoms with Crippen molar-refractivity contribution in [3.63, 3.8) is 0 Å². The lowest BCUT2D eigenvalue weighted by Crippen LogP contribution is -2.06. The molecule has 86 valence electrons. The van der Waals surface area contributed by atoms with Crippen molar-refractivity contribution in [3.8, 4) is 0 Å². The summed E-state index contributed by atoms with van der Waals surface area (Å²) in [6, 6.07) is 0. The Bertz CT molecular complexity index is 281. The van der Waals surface area contributed by atoms with Gasteiger partial charge in [0.05, 0.1) is 20.1 Å². The third kappa shape index (κ3) is 6.36. The Morgan fingerprint density at radius 2 is 1.80 bits per heavy atom. The van der Waals surface area contributed by atoms with Crippen LogP contribution in [-0.2, 0) is 0 Å². The fourth-order valence-electron chi connectivity index (χ4n) is 0.728. The summed E-state index contributed by atoms with van der Waals surface area (Å²) in [4.78, 5) is 0. The maximum Gasteiger partial charge on any atom is 0.0808 e. The van der Waals surface area contributed by atoms with E-state index in [1.807, 2.05) is 0 Å². The lowest BCUT2D eigenvalue weighted by atomic mass is 10.3. The molecule has 0 rings (SSSR count). The zero-order valence-corrected chi connectivity index (χ0v) is 11.4. The predicted molar refractivity (Wildman–Crippen MR) is 70.6 cm³/mol. The van der Waals surface area contributed by atoms with Crippen LogP contribution in [0.3, 0.4) is 0 Å². The molecule has 0 amide bonds. The van der Waals surface area contributed by atoms with Crippen LogP contribution in [0.2, 0.25) is 0 Å². The van der Waals surface area contributed by atoms with E-state index < -0.39 is 0 Å². The molecule has 0 saturated carbocycles. The van der Waals surface area contributed by atoms with E-state index in [9.17, 15) is 0 Å². The molecule has 1 N–H and O–H groups in total. The summed E-state index contributed by atoms with van der Waals surface area (Å²) in [5.74, 6) is 0. The Labute approximate surface area is 111 Å². The maximum atomic E-state index is 5.87. The molecular formula is C10H13Cl4N. The van der Waals surface area contributed by atoms with Gasteiger partial charge in [-0.2, -0.15) is 0 Å². The highest BCUT2D eigenvalue weighted by Crippen LogP contribution is 2.30. The Balaban J connectivity index is 4.36. The smallest absolute Gasteiger partial charge is 0.0808 e. The van der Waals surface area contributed by atoms with Crippen molar-refractivity contribution in [2.75, 3.05) is 6.54 Å². The average Bonchev–Trinajstić information content (AvgIpc) is 2.21. The van der Waals surface area contributed by atoms with Crippen LogP contribution in [0.5, 0.6) is 0 Å². The van der Waals surface area contributed by atoms with E-state index in [-0.39, 0.29) is 15.1 Å². The Morgan fingerprint density at radius 1 is 1.20 bits per heavy atom. The molecule has 0 spiro atoms. The molecule has 1 nitrogen and oxygen atoms in total. The fraction of sp³-hybridized carbons (Fsp3) is 0.400. The highest BCUT2D eigenvalue weighted by molar-refractivity contribution is 6.52. The molecule has 0 bridgehead atoms. The van der Waals surface area contributed by atoms with Crippen LogP contribution >= 0.6 is 46.4 Å². The largest absolute Gasteiger partial charge is 0.390 e. The zero-order chi connectivity index (χ0) is 11.8. The molecule has 0 aliphatic rings. The molecule has 0 aliphatic carbocycles. The monoisotopic (exact) mass is 287 g/mol. The number of unbranched alkanes of at least 4 members (excludes halogenated alkanes) is 1. The van der Waals surface area contributed by atoms with Crippen molar-refractivity contribution >= 4 is 46.4 Å². The van der Waals surface area contributed by atoms with Crippen LogP contribution in [0.15, 0.2) is 32.9 Å². The Morgan fingerprint density at radius 3 is 2.27 bits per heavy atom. The molecule has 5 heteroatoms. The average molecular weight is 289 g/mol. The van der Waals surface area contributed by atoms with Gasteiger partial charge < -0.3 is 5.32 Å². The molecule has 15 heavy (non-hydrogen) atoms. The molecule has 0 aliphatic heterocycles. The highest BCUT2D eigenvalue weighted by Gasteiger charge is 2.07. The van der Waals surface area contributed by atoms with E-state index in [1.165, 1.54) is 0 Å². The van der Waals surface area contributed by atoms with E-state index in [2.05, 4.69) is 18.8 Å². The number of rotatable bonds is 6. The van der Waals surface area contributed by atoms with Crippen LogP contribution < -0.4 is 5.32 Å². The van der Waals surface area contributed by atoms with Gasteiger partial charge >= 0.3 is 0 Å². The van der Waals surface area contributed by atoms with Crippen molar-refractivity contribution in [3.05, 3.63) is 32.9 Å². The molecule has 0 unspecified atom stereocenters. The van der Waals surface area contributed by atoms with Gasteiger partial charge in [0, 0.05) is 12.7 Å². The Kier molecular flexibility index (Phi) is 8.45. The van der Waals surface area contributed by atoms with Gasteiger partial charge in [0.15, 0.2) is 0 Å². The number of hydrogen-bond acceptors (Lipinski definition) is 1. The minimum Gasteiger partial charge on any atom is -0.390 e. The molecule has 0 fully saturated rings. The van der Waals surface area contributed by atoms with Crippen LogP contribution in [0, 0.1) is 0 Å². The molecule has 0 aromatic rings. The Hall–Kier alpha value is 0.180. The molecule has 0 saturated heterocycles. The first-order chi connectivity index (χ1) is 7.00. The normalized spacial score (nSPS) is 13.5. The highest BCUT2D eigenvalue weighted by atomic mass is 35.5. The first-order valence-corrected chi connectivity index (χ1v) is 6.01. The maximum absolute atomic E-state index is 5.87. The predicted octanol–water partition coefficient (Wildman–Crippen LogP) is 4.90. The van der Waals surface area contributed by atoms with Crippen molar-refractivity contribution in [1.82, 2.24) is 5.32 Å². The van der Waals surface area contributed by atoms with E-state index in [0.29, 0.717) is 5.03 Å². The number of allylic oxidation sites excluding steroid dienone is 4. The number of halogens is 4. The van der Waals surface area contributed by atoms with Crippen LogP contribution in [-0.4, -0.2) is 6.54 Å². The van der Waals surface area contributed by atoms with Crippen LogP contribution in [0.4, 0.5) is 0 Å². The first kappa shape index (κ1) is 15.2. The molecule has 0 atom stereocenters. The van der Waals surface area contributed by atoms with E-state index in [4.69, 9.17) is 46.4 Å². The third-order valence-electron chi connectivity index (χ3n) is 1.54. The molecule has 0 radical (unpaired) electrons. The van der Waals surface area contributed by atoms with Gasteiger partial charge in [-0.25, -0.2) is 0 Å². The van der Waals surface area contributed by atoms with Gasteiger partial charge in [0.1, 0.15) is 0 Å². The van der Waals surface area contributed by atoms with Crippen molar-refractivity contribution < 1.29 is 0 Å². The number of nitrogens with one attached hydrogen (secondary N) is 1. The summed E-state index contributed by atoms with van der Waals surface area (Å²) in [7, 11) is 0. The second-order valence-electron chi connectivity index (χ2n) is 2.83. The van der Waals surface area contributed by atoms with Crippen LogP contribution in [0.1, 0.15) is 19.8 Å². The summed E-state index contributed by atoms with van der Waals surface area (Å²) in [5.41, 5.74) is 0. The SMILES string of the molecule is C=C(Cl)/C(Cl)=C(Cl)\C(Cl)=C\NCCCC. The molecule has 0 aromatic carbocycles. The van der Waals surface area contributed by atoms with Crippen molar-refractivity contribution in [2.45, 2.75) is 19.8 Å². The van der Waals surface area contributed by atoms with Gasteiger partial charge in [-0.1, -0.05) is 66.3 Å². The molecule has 0 heterocycles. The summed E-state index contributed by atoms with van der Waals surface area (Å²) < 4.78 is 0. The van der Waals surface area contributed by atoms with Gasteiger partial charge in [-0.05, 0) is 6.42 Å². The van der Waals surface area contributed by atoms with E-state index in [0.717, 1.165) is 19.4 Å². The van der Waals surface area contributed by atoms with Gasteiger partial charge in [-0.3, -0.25) is 0 Å². The van der Waals surface area contributed by atoms with E-state index in [1.54, 1.807) is 6.20 Å². The van der Waals surface area contributed by atoms with Crippen molar-refractivity contribution in [1.29, 1.82) is 0 Å². The number of hydrogen-bond donors (Lipinski definition) is 1. The molecular weight excluding hydrogens is 276 g/mol. The first-order valence-electron chi connectivity index (χ1n) is 4.50. The fourth-order valence-corrected chi connectivity index (χ4v) is 1.36. The lowest BCUT2D eigenvalue weighted by molar-refractivity contribution is 0.734. The van der Waals surface area contributed by atoms with Gasteiger partial charge in [-0.15, -0.1) is 0 Å². The van der Waals surface area contributed by atoms with Gasteiger partial charge in [0.25, 0.3) is 0 Å². The minimum atomic E-state index is 0.164. The standard InChI is InChI=1S/C10H13Cl4N/c1-3-4-5-15-6-8(12)10(14)9(13)7(2)11/h6,15H,2-5H2,1H3/b8-6-,10-9-. The topological polar surface area (TPSA) is 12.0 Å². The van der Waals surface area contributed by atoms with E-state index >= 15 is 0 Å². The van der Waals surface area contributed by atoms with Crippen molar-refractivity contribution in [2.24, 2.45) is 0 Å². The zero-order valence-electron chi connectivity index (χ0n) is 8.42. The minimum absolute atomic E-state index is 0.164. The second-order valence-corrected chi connectivity index (χ2v) is 4.45. The summed E-state index contributed by atoms with van der Waals surface area (Å²) in [6.07, 6.45) is 3.78. The van der Waals surface area contributed by atoms with Crippen LogP contribution in [0.25, 0.3) is 0 Å². The lowest BCUT2D eigenvalue weighted by Gasteiger charge is -2.02. The quantitative estimate of drug-likeness (QED) is 0.541. The third-order valence-corrected chi connectivity index (χ3v) is 3.13. The summed E-state index contributed by atoms with van der Waals surface area (Å²) in [5, 5.41) is 3.86. The summed E-state index contributed by atoms with van der Waals surface area (Å²) in [6.45, 7) is 6.40.